The predicted molar refractivity (Wildman–Crippen MR) is 43.9 cm³/mol. The van der Waals surface area contributed by atoms with Gasteiger partial charge < -0.3 is 10.4 Å². The van der Waals surface area contributed by atoms with Crippen molar-refractivity contribution in [2.24, 2.45) is 5.92 Å². The molecule has 0 aromatic heterocycles. The van der Waals surface area contributed by atoms with E-state index < -0.39 is 5.97 Å². The molecule has 12 heavy (non-hydrogen) atoms. The Hall–Kier alpha value is -0.710. The van der Waals surface area contributed by atoms with Crippen LogP contribution in [0.15, 0.2) is 0 Å². The van der Waals surface area contributed by atoms with Crippen molar-refractivity contribution in [1.29, 1.82) is 0 Å². The van der Waals surface area contributed by atoms with E-state index in [1.165, 1.54) is 11.8 Å². The van der Waals surface area contributed by atoms with E-state index in [2.05, 4.69) is 5.32 Å². The van der Waals surface area contributed by atoms with Crippen LogP contribution < -0.4 is 5.32 Å². The average Bonchev–Trinajstić information content (AvgIpc) is 2.43. The molecule has 2 saturated heterocycles. The molecule has 2 aliphatic rings. The van der Waals surface area contributed by atoms with Crippen LogP contribution in [0.1, 0.15) is 6.42 Å². The number of hydrogen-bond acceptors (Lipinski definition) is 3. The lowest BCUT2D eigenvalue weighted by Gasteiger charge is -2.09. The number of carbonyl (C=O) groups excluding carboxylic acids is 1. The maximum atomic E-state index is 10.9. The van der Waals surface area contributed by atoms with E-state index in [1.807, 2.05) is 0 Å². The summed E-state index contributed by atoms with van der Waals surface area (Å²) >= 11 is 1.43. The number of carboxylic acids is 1. The number of nitrogens with one attached hydrogen (secondary N) is 1. The van der Waals surface area contributed by atoms with Crippen molar-refractivity contribution in [1.82, 2.24) is 5.32 Å². The molecule has 1 amide bonds. The monoisotopic (exact) mass is 187 g/mol. The smallest absolute Gasteiger partial charge is 0.316 e. The van der Waals surface area contributed by atoms with Crippen LogP contribution >= 0.6 is 11.8 Å². The molecule has 4 nitrogen and oxygen atoms in total. The van der Waals surface area contributed by atoms with E-state index in [0.717, 1.165) is 5.75 Å². The largest absolute Gasteiger partial charge is 0.480 e. The van der Waals surface area contributed by atoms with Crippen molar-refractivity contribution in [2.75, 3.05) is 5.75 Å². The van der Waals surface area contributed by atoms with Gasteiger partial charge in [-0.05, 0) is 0 Å². The number of carboxylic acid groups (broad SMARTS) is 1. The van der Waals surface area contributed by atoms with E-state index in [9.17, 15) is 9.59 Å². The second-order valence-electron chi connectivity index (χ2n) is 3.13. The molecule has 66 valence electrons. The number of thioether (sulfide) groups is 1. The van der Waals surface area contributed by atoms with Crippen molar-refractivity contribution in [3.8, 4) is 0 Å². The summed E-state index contributed by atoms with van der Waals surface area (Å²) in [7, 11) is 0. The molecule has 2 rings (SSSR count). The molecule has 3 atom stereocenters. The van der Waals surface area contributed by atoms with Crippen LogP contribution in [0.5, 0.6) is 0 Å². The molecule has 2 N–H and O–H groups in total. The van der Waals surface area contributed by atoms with Crippen LogP contribution in [-0.4, -0.2) is 34.0 Å². The number of aliphatic carboxylic acids is 1. The van der Waals surface area contributed by atoms with Crippen LogP contribution in [0, 0.1) is 5.92 Å². The molecular weight excluding hydrogens is 178 g/mol. The number of fused-ring (bicyclic) bond motifs is 1. The van der Waals surface area contributed by atoms with Gasteiger partial charge in [-0.1, -0.05) is 0 Å². The third-order valence-electron chi connectivity index (χ3n) is 2.37. The molecule has 3 unspecified atom stereocenters. The topological polar surface area (TPSA) is 66.4 Å². The minimum Gasteiger partial charge on any atom is -0.480 e. The minimum absolute atomic E-state index is 0.00319. The summed E-state index contributed by atoms with van der Waals surface area (Å²) in [5.74, 6) is -0.0338. The Bertz CT molecular complexity index is 243. The maximum absolute atomic E-state index is 10.9. The van der Waals surface area contributed by atoms with E-state index in [0.29, 0.717) is 6.42 Å². The van der Waals surface area contributed by atoms with Gasteiger partial charge in [0.1, 0.15) is 5.25 Å². The highest BCUT2D eigenvalue weighted by molar-refractivity contribution is 8.00. The summed E-state index contributed by atoms with van der Waals surface area (Å²) in [4.78, 5) is 21.6. The first-order valence-corrected chi connectivity index (χ1v) is 4.87. The van der Waals surface area contributed by atoms with Gasteiger partial charge in [0.2, 0.25) is 5.91 Å². The molecule has 0 aromatic carbocycles. The number of carbonyl (C=O) groups is 2. The van der Waals surface area contributed by atoms with E-state index in [-0.39, 0.29) is 23.1 Å². The molecule has 0 spiro atoms. The fourth-order valence-corrected chi connectivity index (χ4v) is 3.22. The molecule has 0 saturated carbocycles. The van der Waals surface area contributed by atoms with E-state index in [1.54, 1.807) is 0 Å². The predicted octanol–water partition coefficient (Wildman–Crippen LogP) is -0.309. The molecule has 2 aliphatic heterocycles. The summed E-state index contributed by atoms with van der Waals surface area (Å²) in [5, 5.41) is 11.2. The zero-order valence-electron chi connectivity index (χ0n) is 6.32. The number of hydrogen-bond donors (Lipinski definition) is 2. The Morgan fingerprint density at radius 3 is 3.08 bits per heavy atom. The van der Waals surface area contributed by atoms with Gasteiger partial charge in [0, 0.05) is 24.1 Å². The van der Waals surface area contributed by atoms with Gasteiger partial charge in [0.25, 0.3) is 0 Å². The summed E-state index contributed by atoms with van der Waals surface area (Å²) in [6.45, 7) is 0. The van der Waals surface area contributed by atoms with Crippen molar-refractivity contribution < 1.29 is 14.7 Å². The first-order valence-electron chi connectivity index (χ1n) is 3.82. The van der Waals surface area contributed by atoms with Crippen molar-refractivity contribution in [3.63, 3.8) is 0 Å². The van der Waals surface area contributed by atoms with Crippen molar-refractivity contribution in [2.45, 2.75) is 17.7 Å². The van der Waals surface area contributed by atoms with Crippen LogP contribution in [0.25, 0.3) is 0 Å². The Kier molecular flexibility index (Phi) is 1.75. The van der Waals surface area contributed by atoms with Crippen LogP contribution in [0.2, 0.25) is 0 Å². The fourth-order valence-electron chi connectivity index (χ4n) is 1.80. The molecule has 0 radical (unpaired) electrons. The Morgan fingerprint density at radius 2 is 2.42 bits per heavy atom. The van der Waals surface area contributed by atoms with Gasteiger partial charge in [-0.3, -0.25) is 9.59 Å². The Labute approximate surface area is 73.7 Å². The summed E-state index contributed by atoms with van der Waals surface area (Å²) in [6.07, 6.45) is 0.384. The van der Waals surface area contributed by atoms with Crippen LogP contribution in [0.3, 0.4) is 0 Å². The normalized spacial score (nSPS) is 39.3. The first kappa shape index (κ1) is 7.91. The second kappa shape index (κ2) is 2.65. The van der Waals surface area contributed by atoms with Gasteiger partial charge in [0.05, 0.1) is 0 Å². The highest BCUT2D eigenvalue weighted by Gasteiger charge is 2.46. The lowest BCUT2D eigenvalue weighted by molar-refractivity contribution is -0.137. The molecule has 0 aliphatic carbocycles. The quantitative estimate of drug-likeness (QED) is 0.591. The average molecular weight is 187 g/mol. The second-order valence-corrected chi connectivity index (χ2v) is 4.31. The lowest BCUT2D eigenvalue weighted by Crippen LogP contribution is -2.30. The Balaban J connectivity index is 2.13. The molecular formula is C7H9NO3S. The zero-order valence-corrected chi connectivity index (χ0v) is 7.13. The Morgan fingerprint density at radius 1 is 1.67 bits per heavy atom. The molecule has 0 aromatic rings. The first-order chi connectivity index (χ1) is 5.68. The summed E-state index contributed by atoms with van der Waals surface area (Å²) in [6, 6.07) is 0.101. The summed E-state index contributed by atoms with van der Waals surface area (Å²) < 4.78 is 0. The maximum Gasteiger partial charge on any atom is 0.316 e. The van der Waals surface area contributed by atoms with Crippen LogP contribution in [-0.2, 0) is 9.59 Å². The van der Waals surface area contributed by atoms with Gasteiger partial charge in [-0.25, -0.2) is 0 Å². The van der Waals surface area contributed by atoms with E-state index in [4.69, 9.17) is 5.11 Å². The standard InChI is InChI=1S/C7H9NO3S/c9-5-1-3-4(8-5)2-12-6(3)7(10)11/h3-4,6H,1-2H2,(H,8,9)(H,10,11). The molecule has 2 heterocycles. The molecule has 5 heteroatoms. The van der Waals surface area contributed by atoms with Gasteiger partial charge in [-0.2, -0.15) is 0 Å². The van der Waals surface area contributed by atoms with Crippen molar-refractivity contribution in [3.05, 3.63) is 0 Å². The fraction of sp³-hybridized carbons (Fsp3) is 0.714. The number of amides is 1. The molecule has 0 bridgehead atoms. The van der Waals surface area contributed by atoms with Gasteiger partial charge in [0.15, 0.2) is 0 Å². The zero-order chi connectivity index (χ0) is 8.72. The van der Waals surface area contributed by atoms with Gasteiger partial charge >= 0.3 is 5.97 Å². The highest BCUT2D eigenvalue weighted by Crippen LogP contribution is 2.37. The van der Waals surface area contributed by atoms with E-state index >= 15 is 0 Å². The minimum atomic E-state index is -0.788. The third kappa shape index (κ3) is 1.08. The SMILES string of the molecule is O=C1CC2C(CSC2C(=O)O)N1. The highest BCUT2D eigenvalue weighted by atomic mass is 32.2. The lowest BCUT2D eigenvalue weighted by atomic mass is 9.98. The third-order valence-corrected chi connectivity index (χ3v) is 3.83. The summed E-state index contributed by atoms with van der Waals surface area (Å²) in [5.41, 5.74) is 0. The van der Waals surface area contributed by atoms with Crippen LogP contribution in [0.4, 0.5) is 0 Å². The van der Waals surface area contributed by atoms with Gasteiger partial charge in [-0.15, -0.1) is 11.8 Å². The van der Waals surface area contributed by atoms with Crippen molar-refractivity contribution >= 4 is 23.6 Å². The number of rotatable bonds is 1. The molecule has 2 fully saturated rings.